The second-order valence-electron chi connectivity index (χ2n) is 5.81. The second kappa shape index (κ2) is 5.50. The van der Waals surface area contributed by atoms with Crippen molar-refractivity contribution in [2.45, 2.75) is 47.5 Å². The van der Waals surface area contributed by atoms with Crippen LogP contribution < -0.4 is 0 Å². The maximum atomic E-state index is 11.4. The molecule has 3 heteroatoms. The van der Waals surface area contributed by atoms with Crippen LogP contribution in [0, 0.1) is 10.8 Å². The van der Waals surface area contributed by atoms with E-state index in [0.29, 0.717) is 6.61 Å². The summed E-state index contributed by atoms with van der Waals surface area (Å²) >= 11 is 0. The number of esters is 1. The van der Waals surface area contributed by atoms with Crippen LogP contribution in [0.1, 0.15) is 47.5 Å². The van der Waals surface area contributed by atoms with E-state index in [9.17, 15) is 4.79 Å². The number of hydrogen-bond acceptors (Lipinski definition) is 3. The largest absolute Gasteiger partial charge is 0.465 e. The number of aliphatic hydroxyl groups excluding tert-OH is 1. The van der Waals surface area contributed by atoms with Crippen molar-refractivity contribution >= 4 is 5.97 Å². The van der Waals surface area contributed by atoms with Crippen LogP contribution >= 0.6 is 0 Å². The first kappa shape index (κ1) is 14.4. The molecule has 0 heterocycles. The van der Waals surface area contributed by atoms with Gasteiger partial charge in [0.05, 0.1) is 12.0 Å². The molecule has 0 unspecified atom stereocenters. The van der Waals surface area contributed by atoms with Gasteiger partial charge in [0, 0.05) is 6.61 Å². The van der Waals surface area contributed by atoms with Crippen LogP contribution in [-0.2, 0) is 9.53 Å². The van der Waals surface area contributed by atoms with Gasteiger partial charge in [0.25, 0.3) is 0 Å². The Morgan fingerprint density at radius 3 is 2.13 bits per heavy atom. The summed E-state index contributed by atoms with van der Waals surface area (Å²) in [5, 5.41) is 9.02. The van der Waals surface area contributed by atoms with Crippen molar-refractivity contribution in [1.82, 2.24) is 0 Å². The van der Waals surface area contributed by atoms with E-state index in [4.69, 9.17) is 9.84 Å². The number of carbonyl (C=O) groups excluding carboxylic acids is 1. The van der Waals surface area contributed by atoms with E-state index in [-0.39, 0.29) is 18.0 Å². The van der Waals surface area contributed by atoms with Crippen LogP contribution in [0.25, 0.3) is 0 Å². The van der Waals surface area contributed by atoms with E-state index >= 15 is 0 Å². The number of ether oxygens (including phenoxy) is 1. The smallest absolute Gasteiger partial charge is 0.311 e. The lowest BCUT2D eigenvalue weighted by atomic mass is 9.89. The van der Waals surface area contributed by atoms with Crippen molar-refractivity contribution in [1.29, 1.82) is 0 Å². The summed E-state index contributed by atoms with van der Waals surface area (Å²) in [5.41, 5.74) is -0.499. The van der Waals surface area contributed by atoms with Gasteiger partial charge in [-0.3, -0.25) is 4.79 Å². The van der Waals surface area contributed by atoms with Gasteiger partial charge in [-0.15, -0.1) is 0 Å². The lowest BCUT2D eigenvalue weighted by Gasteiger charge is -2.22. The summed E-state index contributed by atoms with van der Waals surface area (Å²) in [7, 11) is 0. The first-order valence-electron chi connectivity index (χ1n) is 5.47. The Balaban J connectivity index is 3.69. The predicted molar refractivity (Wildman–Crippen MR) is 60.5 cm³/mol. The van der Waals surface area contributed by atoms with Gasteiger partial charge in [0.15, 0.2) is 0 Å². The summed E-state index contributed by atoms with van der Waals surface area (Å²) in [6.07, 6.45) is 1.66. The average molecular weight is 216 g/mol. The van der Waals surface area contributed by atoms with E-state index in [1.807, 2.05) is 34.6 Å². The van der Waals surface area contributed by atoms with E-state index < -0.39 is 5.41 Å². The third-order valence-corrected chi connectivity index (χ3v) is 2.27. The molecule has 0 rings (SSSR count). The van der Waals surface area contributed by atoms with Crippen molar-refractivity contribution in [2.24, 2.45) is 10.8 Å². The molecule has 0 aromatic rings. The Kier molecular flexibility index (Phi) is 5.29. The minimum atomic E-state index is -0.424. The summed E-state index contributed by atoms with van der Waals surface area (Å²) in [6.45, 7) is 10.1. The zero-order chi connectivity index (χ0) is 12.1. The minimum absolute atomic E-state index is 0.0753. The highest BCUT2D eigenvalue weighted by Crippen LogP contribution is 2.21. The molecule has 0 saturated carbocycles. The van der Waals surface area contributed by atoms with Gasteiger partial charge >= 0.3 is 5.97 Å². The monoisotopic (exact) mass is 216 g/mol. The molecule has 0 atom stereocenters. The van der Waals surface area contributed by atoms with Gasteiger partial charge < -0.3 is 9.84 Å². The highest BCUT2D eigenvalue weighted by Gasteiger charge is 2.23. The lowest BCUT2D eigenvalue weighted by molar-refractivity contribution is -0.153. The van der Waals surface area contributed by atoms with Crippen molar-refractivity contribution < 1.29 is 14.6 Å². The number of aliphatic hydroxyl groups is 1. The van der Waals surface area contributed by atoms with Gasteiger partial charge in [0.1, 0.15) is 0 Å². The van der Waals surface area contributed by atoms with Crippen molar-refractivity contribution in [3.63, 3.8) is 0 Å². The normalized spacial score (nSPS) is 12.7. The fourth-order valence-corrected chi connectivity index (χ4v) is 1.01. The quantitative estimate of drug-likeness (QED) is 0.567. The van der Waals surface area contributed by atoms with E-state index in [0.717, 1.165) is 12.8 Å². The molecule has 0 aromatic carbocycles. The Labute approximate surface area is 92.8 Å². The lowest BCUT2D eigenvalue weighted by Crippen LogP contribution is -2.24. The van der Waals surface area contributed by atoms with Crippen LogP contribution in [0.2, 0.25) is 0 Å². The Morgan fingerprint density at radius 1 is 1.20 bits per heavy atom. The standard InChI is InChI=1S/C12H24O3/c1-11(2,3)10(14)15-8-6-7-12(4,5)9-13/h13H,6-9H2,1-5H3. The molecule has 0 spiro atoms. The Morgan fingerprint density at radius 2 is 1.73 bits per heavy atom. The fraction of sp³-hybridized carbons (Fsp3) is 0.917. The second-order valence-corrected chi connectivity index (χ2v) is 5.81. The van der Waals surface area contributed by atoms with Crippen molar-refractivity contribution in [3.8, 4) is 0 Å². The Hall–Kier alpha value is -0.570. The predicted octanol–water partition coefficient (Wildman–Crippen LogP) is 2.37. The molecule has 0 aliphatic carbocycles. The molecule has 0 aromatic heterocycles. The fourth-order valence-electron chi connectivity index (χ4n) is 1.01. The summed E-state index contributed by atoms with van der Waals surface area (Å²) in [6, 6.07) is 0. The zero-order valence-electron chi connectivity index (χ0n) is 10.6. The molecular formula is C12H24O3. The van der Waals surface area contributed by atoms with Crippen LogP contribution in [0.15, 0.2) is 0 Å². The van der Waals surface area contributed by atoms with Crippen LogP contribution in [0.5, 0.6) is 0 Å². The molecule has 1 N–H and O–H groups in total. The zero-order valence-corrected chi connectivity index (χ0v) is 10.6. The molecule has 0 aliphatic rings. The maximum absolute atomic E-state index is 11.4. The van der Waals surface area contributed by atoms with Crippen molar-refractivity contribution in [2.75, 3.05) is 13.2 Å². The molecule has 3 nitrogen and oxygen atoms in total. The topological polar surface area (TPSA) is 46.5 Å². The van der Waals surface area contributed by atoms with Crippen molar-refractivity contribution in [3.05, 3.63) is 0 Å². The number of rotatable bonds is 5. The summed E-state index contributed by atoms with van der Waals surface area (Å²) < 4.78 is 5.13. The third kappa shape index (κ3) is 6.50. The molecular weight excluding hydrogens is 192 g/mol. The summed E-state index contributed by atoms with van der Waals surface area (Å²) in [4.78, 5) is 11.4. The van der Waals surface area contributed by atoms with Crippen LogP contribution in [0.4, 0.5) is 0 Å². The Bertz CT molecular complexity index is 201. The molecule has 0 fully saturated rings. The number of carbonyl (C=O) groups is 1. The van der Waals surface area contributed by atoms with Crippen LogP contribution in [0.3, 0.4) is 0 Å². The molecule has 0 radical (unpaired) electrons. The molecule has 0 amide bonds. The van der Waals surface area contributed by atoms with Crippen LogP contribution in [-0.4, -0.2) is 24.3 Å². The van der Waals surface area contributed by atoms with Gasteiger partial charge in [-0.2, -0.15) is 0 Å². The van der Waals surface area contributed by atoms with Gasteiger partial charge in [-0.05, 0) is 39.0 Å². The molecule has 0 saturated heterocycles. The minimum Gasteiger partial charge on any atom is -0.465 e. The highest BCUT2D eigenvalue weighted by atomic mass is 16.5. The average Bonchev–Trinajstić information content (AvgIpc) is 2.10. The summed E-state index contributed by atoms with van der Waals surface area (Å²) in [5.74, 6) is -0.163. The molecule has 90 valence electrons. The van der Waals surface area contributed by atoms with E-state index in [2.05, 4.69) is 0 Å². The third-order valence-electron chi connectivity index (χ3n) is 2.27. The van der Waals surface area contributed by atoms with Gasteiger partial charge in [-0.1, -0.05) is 13.8 Å². The van der Waals surface area contributed by atoms with E-state index in [1.165, 1.54) is 0 Å². The molecule has 0 bridgehead atoms. The molecule has 0 aliphatic heterocycles. The number of hydrogen-bond donors (Lipinski definition) is 1. The maximum Gasteiger partial charge on any atom is 0.311 e. The SMILES string of the molecule is CC(C)(CO)CCCOC(=O)C(C)(C)C. The highest BCUT2D eigenvalue weighted by molar-refractivity contribution is 5.75. The van der Waals surface area contributed by atoms with E-state index in [1.54, 1.807) is 0 Å². The first-order chi connectivity index (χ1) is 6.69. The first-order valence-corrected chi connectivity index (χ1v) is 5.47. The van der Waals surface area contributed by atoms with Gasteiger partial charge in [0.2, 0.25) is 0 Å². The molecule has 15 heavy (non-hydrogen) atoms. The van der Waals surface area contributed by atoms with Gasteiger partial charge in [-0.25, -0.2) is 0 Å².